The van der Waals surface area contributed by atoms with Gasteiger partial charge in [-0.1, -0.05) is 216 Å². The van der Waals surface area contributed by atoms with Crippen molar-refractivity contribution < 1.29 is 25.9 Å². The number of unbranched alkanes of at least 4 members (excludes halogenated alkanes) is 22. The first-order chi connectivity index (χ1) is 27.1. The Bertz CT molecular complexity index is 1770. The van der Waals surface area contributed by atoms with Gasteiger partial charge in [0.15, 0.2) is 0 Å². The molecule has 0 fully saturated rings. The van der Waals surface area contributed by atoms with Crippen LogP contribution in [0, 0.1) is 0 Å². The summed E-state index contributed by atoms with van der Waals surface area (Å²) in [4.78, 5) is -0.0939. The zero-order chi connectivity index (χ0) is 40.5. The molecule has 0 spiro atoms. The van der Waals surface area contributed by atoms with E-state index < -0.39 is 20.2 Å². The molecule has 0 N–H and O–H groups in total. The number of hydrogen-bond donors (Lipinski definition) is 0. The summed E-state index contributed by atoms with van der Waals surface area (Å²) in [5.41, 5.74) is 1.39. The third-order valence-electron chi connectivity index (χ3n) is 11.1. The van der Waals surface area contributed by atoms with Crippen molar-refractivity contribution >= 4 is 79.5 Å². The van der Waals surface area contributed by atoms with E-state index in [2.05, 4.69) is 13.8 Å². The number of aryl methyl sites for hydroxylation is 2. The number of benzene rings is 4. The van der Waals surface area contributed by atoms with Gasteiger partial charge in [-0.2, -0.15) is 0 Å². The molecule has 4 rings (SSSR count). The van der Waals surface area contributed by atoms with Gasteiger partial charge in [-0.15, -0.1) is 0 Å². The van der Waals surface area contributed by atoms with Crippen LogP contribution < -0.4 is 0 Å². The van der Waals surface area contributed by atoms with Crippen LogP contribution in [0.15, 0.2) is 82.6 Å². The summed E-state index contributed by atoms with van der Waals surface area (Å²) in [5, 5.41) is 3.76. The van der Waals surface area contributed by atoms with Crippen LogP contribution in [0.5, 0.6) is 0 Å². The molecule has 0 saturated heterocycles. The maximum atomic E-state index is 11.7. The molecule has 0 heterocycles. The van der Waals surface area contributed by atoms with Gasteiger partial charge in [-0.3, -0.25) is 0 Å². The van der Waals surface area contributed by atoms with E-state index in [-0.39, 0.29) is 47.5 Å². The maximum absolute atomic E-state index is 11.7. The first kappa shape index (κ1) is 51.6. The van der Waals surface area contributed by atoms with Crippen LogP contribution >= 0.6 is 0 Å². The van der Waals surface area contributed by atoms with E-state index in [4.69, 9.17) is 0 Å². The van der Waals surface area contributed by atoms with Crippen LogP contribution in [-0.2, 0) is 33.1 Å². The molecule has 0 amide bonds. The minimum Gasteiger partial charge on any atom is -0.744 e. The van der Waals surface area contributed by atoms with Crippen molar-refractivity contribution in [3.63, 3.8) is 0 Å². The summed E-state index contributed by atoms with van der Waals surface area (Å²) in [6.07, 6.45) is 31.7. The minimum atomic E-state index is -4.44. The van der Waals surface area contributed by atoms with Crippen molar-refractivity contribution in [2.24, 2.45) is 0 Å². The molecule has 57 heavy (non-hydrogen) atoms. The molecular weight excluding hydrogens is 777 g/mol. The fourth-order valence-corrected chi connectivity index (χ4v) is 9.40. The van der Waals surface area contributed by atoms with Crippen molar-refractivity contribution in [3.8, 4) is 0 Å². The summed E-state index contributed by atoms with van der Waals surface area (Å²) in [6, 6.07) is 21.8. The van der Waals surface area contributed by atoms with Gasteiger partial charge in [0.25, 0.3) is 0 Å². The molecule has 0 saturated carbocycles. The zero-order valence-corrected chi connectivity index (χ0v) is 39.1. The molecule has 0 aliphatic heterocycles. The molecule has 0 unspecified atom stereocenters. The second-order valence-electron chi connectivity index (χ2n) is 15.7. The molecule has 0 radical (unpaired) electrons. The fourth-order valence-electron chi connectivity index (χ4n) is 7.90. The quantitative estimate of drug-likeness (QED) is 0.0319. The van der Waals surface area contributed by atoms with E-state index in [1.165, 1.54) is 141 Å². The largest absolute Gasteiger partial charge is 2.00 e. The molecule has 312 valence electrons. The Kier molecular flexibility index (Phi) is 26.9. The van der Waals surface area contributed by atoms with E-state index >= 15 is 0 Å². The third kappa shape index (κ3) is 20.1. The molecular formula is C48H70CaO6S2. The minimum absolute atomic E-state index is 0. The summed E-state index contributed by atoms with van der Waals surface area (Å²) in [6.45, 7) is 4.50. The van der Waals surface area contributed by atoms with Gasteiger partial charge in [0.2, 0.25) is 0 Å². The average Bonchev–Trinajstić information content (AvgIpc) is 3.18. The zero-order valence-electron chi connectivity index (χ0n) is 35.3. The van der Waals surface area contributed by atoms with Gasteiger partial charge in [-0.05, 0) is 70.5 Å². The number of hydrogen-bond acceptors (Lipinski definition) is 6. The smallest absolute Gasteiger partial charge is 0.744 e. The normalized spacial score (nSPS) is 11.7. The van der Waals surface area contributed by atoms with Crippen LogP contribution in [0.2, 0.25) is 0 Å². The Morgan fingerprint density at radius 3 is 0.912 bits per heavy atom. The standard InChI is InChI=1S/2C24H36O3S.Ca/c2*1-2-3-4-5-6-7-8-9-10-11-12-13-18-23-22-17-15-14-16-21(22)19-20-24(23)28(25,26)27;/h2*14-17,19-20H,2-13,18H2,1H3,(H,25,26,27);/q;;+2/p-2. The van der Waals surface area contributed by atoms with E-state index in [0.717, 1.165) is 47.2 Å². The van der Waals surface area contributed by atoms with Gasteiger partial charge in [0.1, 0.15) is 20.2 Å². The summed E-state index contributed by atoms with van der Waals surface area (Å²) < 4.78 is 70.0. The first-order valence-corrected chi connectivity index (χ1v) is 24.8. The molecule has 4 aromatic rings. The molecule has 0 aliphatic rings. The van der Waals surface area contributed by atoms with Crippen molar-refractivity contribution in [2.45, 2.75) is 191 Å². The third-order valence-corrected chi connectivity index (χ3v) is 12.9. The summed E-state index contributed by atoms with van der Waals surface area (Å²) >= 11 is 0. The average molecular weight is 847 g/mol. The van der Waals surface area contributed by atoms with Gasteiger partial charge in [-0.25, -0.2) is 16.8 Å². The van der Waals surface area contributed by atoms with Crippen molar-refractivity contribution in [2.75, 3.05) is 0 Å². The number of rotatable bonds is 28. The van der Waals surface area contributed by atoms with E-state index in [1.807, 2.05) is 48.5 Å². The van der Waals surface area contributed by atoms with Crippen LogP contribution in [-0.4, -0.2) is 63.7 Å². The first-order valence-electron chi connectivity index (χ1n) is 22.0. The Labute approximate surface area is 376 Å². The van der Waals surface area contributed by atoms with Crippen LogP contribution in [0.4, 0.5) is 0 Å². The van der Waals surface area contributed by atoms with Crippen molar-refractivity contribution in [3.05, 3.63) is 83.9 Å². The number of fused-ring (bicyclic) bond motifs is 2. The molecule has 4 aromatic carbocycles. The SMILES string of the molecule is CCCCCCCCCCCCCCc1c(S(=O)(=O)[O-])ccc2ccccc12.CCCCCCCCCCCCCCc1c(S(=O)(=O)[O-])ccc2ccccc12.[Ca+2]. The predicted molar refractivity (Wildman–Crippen MR) is 239 cm³/mol. The molecule has 0 aliphatic carbocycles. The molecule has 6 nitrogen and oxygen atoms in total. The van der Waals surface area contributed by atoms with Crippen LogP contribution in [0.25, 0.3) is 21.5 Å². The molecule has 0 bridgehead atoms. The monoisotopic (exact) mass is 846 g/mol. The topological polar surface area (TPSA) is 114 Å². The predicted octanol–water partition coefficient (Wildman–Crippen LogP) is 13.6. The van der Waals surface area contributed by atoms with Crippen LogP contribution in [0.3, 0.4) is 0 Å². The summed E-state index contributed by atoms with van der Waals surface area (Å²) in [5.74, 6) is 0. The van der Waals surface area contributed by atoms with Gasteiger partial charge >= 0.3 is 37.7 Å². The van der Waals surface area contributed by atoms with Crippen molar-refractivity contribution in [1.82, 2.24) is 0 Å². The van der Waals surface area contributed by atoms with Crippen LogP contribution in [0.1, 0.15) is 179 Å². The molecule has 0 atom stereocenters. The Hall–Kier alpha value is -1.52. The fraction of sp³-hybridized carbons (Fsp3) is 0.583. The Balaban J connectivity index is 0.000000387. The second kappa shape index (κ2) is 29.7. The van der Waals surface area contributed by atoms with Crippen molar-refractivity contribution in [1.29, 1.82) is 0 Å². The molecule has 0 aromatic heterocycles. The van der Waals surface area contributed by atoms with Gasteiger partial charge in [0.05, 0.1) is 9.79 Å². The Morgan fingerprint density at radius 1 is 0.368 bits per heavy atom. The van der Waals surface area contributed by atoms with Gasteiger partial charge < -0.3 is 9.11 Å². The van der Waals surface area contributed by atoms with E-state index in [9.17, 15) is 25.9 Å². The summed E-state index contributed by atoms with van der Waals surface area (Å²) in [7, 11) is -8.88. The maximum Gasteiger partial charge on any atom is 2.00 e. The van der Waals surface area contributed by atoms with E-state index in [1.54, 1.807) is 12.1 Å². The van der Waals surface area contributed by atoms with E-state index in [0.29, 0.717) is 24.0 Å². The molecule has 9 heteroatoms. The second-order valence-corrected chi connectivity index (χ2v) is 18.4. The Morgan fingerprint density at radius 2 is 0.632 bits per heavy atom. The van der Waals surface area contributed by atoms with Gasteiger partial charge in [0, 0.05) is 0 Å².